The number of carbonyl (C=O) groups excluding carboxylic acids is 1. The van der Waals surface area contributed by atoms with E-state index < -0.39 is 17.6 Å². The number of aromatic nitrogens is 1. The number of hydrogen-bond donors (Lipinski definition) is 1. The normalized spacial score (nSPS) is 12.6. The Labute approximate surface area is 168 Å². The number of halogens is 3. The number of amides is 1. The van der Waals surface area contributed by atoms with Crippen molar-refractivity contribution in [2.24, 2.45) is 0 Å². The third-order valence-corrected chi connectivity index (χ3v) is 4.22. The lowest BCUT2D eigenvalue weighted by Gasteiger charge is -2.09. The lowest BCUT2D eigenvalue weighted by atomic mass is 10.2. The number of nitrogens with one attached hydrogen (secondary N) is 1. The van der Waals surface area contributed by atoms with Gasteiger partial charge in [0.25, 0.3) is 5.91 Å². The fourth-order valence-corrected chi connectivity index (χ4v) is 2.73. The Morgan fingerprint density at radius 3 is 2.77 bits per heavy atom. The number of rotatable bonds is 6. The second-order valence-electron chi connectivity index (χ2n) is 6.36. The molecule has 0 saturated carbocycles. The number of hydrogen-bond acceptors (Lipinski definition) is 6. The topological polar surface area (TPSA) is 82.8 Å². The highest BCUT2D eigenvalue weighted by molar-refractivity contribution is 5.92. The molecule has 1 aliphatic heterocycles. The van der Waals surface area contributed by atoms with Crippen LogP contribution in [-0.4, -0.2) is 17.9 Å². The van der Waals surface area contributed by atoms with E-state index in [4.69, 9.17) is 18.7 Å². The smallest absolute Gasteiger partial charge is 0.416 e. The molecule has 156 valence electrons. The van der Waals surface area contributed by atoms with Gasteiger partial charge in [-0.3, -0.25) is 4.79 Å². The molecule has 0 bridgehead atoms. The lowest BCUT2D eigenvalue weighted by Crippen LogP contribution is -2.23. The zero-order valence-corrected chi connectivity index (χ0v) is 15.4. The van der Waals surface area contributed by atoms with Gasteiger partial charge in [-0.15, -0.1) is 0 Å². The monoisotopic (exact) mass is 420 g/mol. The quantitative estimate of drug-likeness (QED) is 0.651. The summed E-state index contributed by atoms with van der Waals surface area (Å²) in [7, 11) is 0. The minimum absolute atomic E-state index is 0.0232. The van der Waals surface area contributed by atoms with Crippen LogP contribution in [0.4, 0.5) is 13.2 Å². The van der Waals surface area contributed by atoms with Crippen LogP contribution < -0.4 is 19.5 Å². The van der Waals surface area contributed by atoms with Crippen molar-refractivity contribution < 1.29 is 36.7 Å². The van der Waals surface area contributed by atoms with Crippen molar-refractivity contribution >= 4 is 5.91 Å². The SMILES string of the molecule is O=C(NCc1ccc2c(c1)OCO2)c1cc(COc2cccc(C(F)(F)F)c2)on1. The van der Waals surface area contributed by atoms with Gasteiger partial charge in [-0.1, -0.05) is 17.3 Å². The molecule has 1 amide bonds. The fourth-order valence-electron chi connectivity index (χ4n) is 2.73. The van der Waals surface area contributed by atoms with Gasteiger partial charge in [-0.25, -0.2) is 0 Å². The van der Waals surface area contributed by atoms with E-state index in [0.29, 0.717) is 11.5 Å². The molecule has 0 aliphatic carbocycles. The molecule has 1 N–H and O–H groups in total. The molecule has 2 aromatic carbocycles. The number of nitrogens with zero attached hydrogens (tertiary/aromatic N) is 1. The van der Waals surface area contributed by atoms with Crippen molar-refractivity contribution in [2.75, 3.05) is 6.79 Å². The van der Waals surface area contributed by atoms with Crippen LogP contribution in [0.1, 0.15) is 27.4 Å². The Kier molecular flexibility index (Phi) is 5.21. The molecule has 1 aromatic heterocycles. The van der Waals surface area contributed by atoms with Gasteiger partial charge in [0.05, 0.1) is 5.56 Å². The number of ether oxygens (including phenoxy) is 3. The van der Waals surface area contributed by atoms with Crippen LogP contribution in [0, 0.1) is 0 Å². The first-order chi connectivity index (χ1) is 14.4. The highest BCUT2D eigenvalue weighted by atomic mass is 19.4. The summed E-state index contributed by atoms with van der Waals surface area (Å²) >= 11 is 0. The lowest BCUT2D eigenvalue weighted by molar-refractivity contribution is -0.137. The zero-order valence-electron chi connectivity index (χ0n) is 15.4. The molecule has 0 spiro atoms. The van der Waals surface area contributed by atoms with Gasteiger partial charge in [0, 0.05) is 12.6 Å². The van der Waals surface area contributed by atoms with Crippen LogP contribution in [-0.2, 0) is 19.3 Å². The Hall–Kier alpha value is -3.69. The van der Waals surface area contributed by atoms with Crippen molar-refractivity contribution in [1.29, 1.82) is 0 Å². The summed E-state index contributed by atoms with van der Waals surface area (Å²) < 4.78 is 59.1. The Balaban J connectivity index is 1.32. The molecule has 2 heterocycles. The summed E-state index contributed by atoms with van der Waals surface area (Å²) in [5.74, 6) is 1.00. The van der Waals surface area contributed by atoms with Crippen molar-refractivity contribution in [1.82, 2.24) is 10.5 Å². The minimum atomic E-state index is -4.46. The molecule has 1 aliphatic rings. The van der Waals surface area contributed by atoms with Crippen molar-refractivity contribution in [3.63, 3.8) is 0 Å². The fraction of sp³-hybridized carbons (Fsp3) is 0.200. The van der Waals surface area contributed by atoms with Gasteiger partial charge in [0.1, 0.15) is 12.4 Å². The number of fused-ring (bicyclic) bond motifs is 1. The first-order valence-corrected chi connectivity index (χ1v) is 8.81. The van der Waals surface area contributed by atoms with Crippen LogP contribution in [0.3, 0.4) is 0 Å². The molecular weight excluding hydrogens is 405 g/mol. The summed E-state index contributed by atoms with van der Waals surface area (Å²) in [4.78, 5) is 12.2. The minimum Gasteiger partial charge on any atom is -0.486 e. The third kappa shape index (κ3) is 4.48. The van der Waals surface area contributed by atoms with Crippen molar-refractivity contribution in [3.05, 3.63) is 71.1 Å². The second kappa shape index (κ2) is 7.97. The molecule has 0 fully saturated rings. The van der Waals surface area contributed by atoms with Gasteiger partial charge in [0.2, 0.25) is 6.79 Å². The second-order valence-corrected chi connectivity index (χ2v) is 6.36. The van der Waals surface area contributed by atoms with E-state index in [9.17, 15) is 18.0 Å². The van der Waals surface area contributed by atoms with E-state index in [1.807, 2.05) is 0 Å². The molecular formula is C20H15F3N2O5. The van der Waals surface area contributed by atoms with E-state index >= 15 is 0 Å². The van der Waals surface area contributed by atoms with Crippen LogP contribution in [0.25, 0.3) is 0 Å². The average molecular weight is 420 g/mol. The Bertz CT molecular complexity index is 1060. The molecule has 4 rings (SSSR count). The first-order valence-electron chi connectivity index (χ1n) is 8.81. The average Bonchev–Trinajstić information content (AvgIpc) is 3.39. The predicted octanol–water partition coefficient (Wildman–Crippen LogP) is 3.93. The highest BCUT2D eigenvalue weighted by Gasteiger charge is 2.30. The first kappa shape index (κ1) is 19.6. The van der Waals surface area contributed by atoms with Gasteiger partial charge in [0.15, 0.2) is 23.0 Å². The predicted molar refractivity (Wildman–Crippen MR) is 96.0 cm³/mol. The molecule has 10 heteroatoms. The van der Waals surface area contributed by atoms with Crippen LogP contribution in [0.15, 0.2) is 53.1 Å². The van der Waals surface area contributed by atoms with Gasteiger partial charge >= 0.3 is 6.18 Å². The van der Waals surface area contributed by atoms with E-state index in [2.05, 4.69) is 10.5 Å². The zero-order chi connectivity index (χ0) is 21.1. The standard InChI is InChI=1S/C20H15F3N2O5/c21-20(22,23)13-2-1-3-14(7-13)27-10-15-8-16(25-30-15)19(26)24-9-12-4-5-17-18(6-12)29-11-28-17/h1-8H,9-11H2,(H,24,26). The van der Waals surface area contributed by atoms with E-state index in [0.717, 1.165) is 17.7 Å². The van der Waals surface area contributed by atoms with Crippen LogP contribution in [0.2, 0.25) is 0 Å². The van der Waals surface area contributed by atoms with Gasteiger partial charge in [-0.05, 0) is 35.9 Å². The van der Waals surface area contributed by atoms with Crippen LogP contribution >= 0.6 is 0 Å². The maximum Gasteiger partial charge on any atom is 0.416 e. The Morgan fingerprint density at radius 2 is 1.93 bits per heavy atom. The summed E-state index contributed by atoms with van der Waals surface area (Å²) in [6.07, 6.45) is -4.46. The number of carbonyl (C=O) groups is 1. The third-order valence-electron chi connectivity index (χ3n) is 4.22. The summed E-state index contributed by atoms with van der Waals surface area (Å²) in [5.41, 5.74) is 0.0173. The number of benzene rings is 2. The van der Waals surface area contributed by atoms with Crippen LogP contribution in [0.5, 0.6) is 17.2 Å². The summed E-state index contributed by atoms with van der Waals surface area (Å²) in [6.45, 7) is 0.220. The molecule has 0 radical (unpaired) electrons. The highest BCUT2D eigenvalue weighted by Crippen LogP contribution is 2.33. The molecule has 3 aromatic rings. The summed E-state index contributed by atoms with van der Waals surface area (Å²) in [5, 5.41) is 6.36. The molecule has 0 unspecified atom stereocenters. The van der Waals surface area contributed by atoms with Crippen molar-refractivity contribution in [2.45, 2.75) is 19.3 Å². The van der Waals surface area contributed by atoms with E-state index in [1.165, 1.54) is 18.2 Å². The van der Waals surface area contributed by atoms with E-state index in [1.54, 1.807) is 18.2 Å². The Morgan fingerprint density at radius 1 is 1.10 bits per heavy atom. The van der Waals surface area contributed by atoms with Gasteiger partial charge < -0.3 is 24.1 Å². The molecule has 0 atom stereocenters. The molecule has 7 nitrogen and oxygen atoms in total. The maximum atomic E-state index is 12.7. The largest absolute Gasteiger partial charge is 0.486 e. The molecule has 0 saturated heterocycles. The van der Waals surface area contributed by atoms with E-state index in [-0.39, 0.29) is 37.1 Å². The summed E-state index contributed by atoms with van der Waals surface area (Å²) in [6, 6.07) is 11.1. The van der Waals surface area contributed by atoms with Crippen molar-refractivity contribution in [3.8, 4) is 17.2 Å². The van der Waals surface area contributed by atoms with Gasteiger partial charge in [-0.2, -0.15) is 13.2 Å². The number of alkyl halides is 3. The molecule has 30 heavy (non-hydrogen) atoms. The maximum absolute atomic E-state index is 12.7.